The van der Waals surface area contributed by atoms with Crippen LogP contribution in [0.3, 0.4) is 0 Å². The van der Waals surface area contributed by atoms with E-state index >= 15 is 0 Å². The molecule has 1 aromatic rings. The molecule has 1 aliphatic carbocycles. The Morgan fingerprint density at radius 3 is 2.57 bits per heavy atom. The molecule has 1 aromatic carbocycles. The summed E-state index contributed by atoms with van der Waals surface area (Å²) in [7, 11) is 4.03. The van der Waals surface area contributed by atoms with Gasteiger partial charge in [0.15, 0.2) is 5.84 Å². The second kappa shape index (κ2) is 7.88. The number of likely N-dealkylation sites (N-methyl/N-ethyl adjacent to an activating group) is 1. The maximum Gasteiger partial charge on any atom is 0.159 e. The topological polar surface area (TPSA) is 22.1 Å². The molecule has 0 spiro atoms. The first kappa shape index (κ1) is 20.6. The number of hydrogen-bond donors (Lipinski definition) is 0. The molecule has 5 heteroatoms. The third-order valence-corrected chi connectivity index (χ3v) is 6.47. The van der Waals surface area contributed by atoms with Crippen molar-refractivity contribution in [3.63, 3.8) is 0 Å². The molecule has 4 nitrogen and oxygen atoms in total. The van der Waals surface area contributed by atoms with Crippen LogP contribution in [-0.4, -0.2) is 41.3 Å². The third-order valence-electron chi connectivity index (χ3n) is 6.08. The largest absolute Gasteiger partial charge is 0.361 e. The normalized spacial score (nSPS) is 23.0. The van der Waals surface area contributed by atoms with Crippen LogP contribution in [0, 0.1) is 5.41 Å². The number of thiocarbonyl (C=S) groups is 1. The fourth-order valence-corrected chi connectivity index (χ4v) is 4.87. The molecule has 30 heavy (non-hydrogen) atoms. The van der Waals surface area contributed by atoms with Crippen LogP contribution in [0.1, 0.15) is 33.6 Å². The highest BCUT2D eigenvalue weighted by molar-refractivity contribution is 7.81. The van der Waals surface area contributed by atoms with E-state index in [1.807, 2.05) is 54.3 Å². The van der Waals surface area contributed by atoms with Crippen LogP contribution in [0.15, 0.2) is 82.3 Å². The Morgan fingerprint density at radius 1 is 1.17 bits per heavy atom. The Balaban J connectivity index is 1.73. The van der Waals surface area contributed by atoms with E-state index in [4.69, 9.17) is 17.3 Å². The van der Waals surface area contributed by atoms with Crippen LogP contribution in [-0.2, 0) is 0 Å². The fraction of sp³-hybridized carbons (Fsp3) is 0.360. The molecule has 0 N–H and O–H groups in total. The maximum atomic E-state index is 5.85. The maximum absolute atomic E-state index is 5.85. The van der Waals surface area contributed by atoms with E-state index in [9.17, 15) is 0 Å². The van der Waals surface area contributed by atoms with E-state index in [1.165, 1.54) is 17.0 Å². The number of rotatable bonds is 3. The van der Waals surface area contributed by atoms with Crippen molar-refractivity contribution in [2.75, 3.05) is 25.6 Å². The lowest BCUT2D eigenvalue weighted by molar-refractivity contribution is 0.393. The Labute approximate surface area is 185 Å². The van der Waals surface area contributed by atoms with Gasteiger partial charge in [-0.25, -0.2) is 5.01 Å². The number of hydrazone groups is 1. The molecular formula is C25H30N4S. The van der Waals surface area contributed by atoms with Crippen molar-refractivity contribution >= 4 is 28.7 Å². The average molecular weight is 419 g/mol. The summed E-state index contributed by atoms with van der Waals surface area (Å²) in [6.45, 7) is 7.85. The van der Waals surface area contributed by atoms with Gasteiger partial charge in [0.05, 0.1) is 11.3 Å². The summed E-state index contributed by atoms with van der Waals surface area (Å²) in [6, 6.07) is 10.1. The standard InChI is InChI=1S/C25H30N4S/c1-6-28-21-15-11-10-14-20(21)25(2,3)22(28)17-16-19-23(27(4)5)26-29(24(19)30)18-12-8-7-9-13-18/h7-10,12-14,16-17H,6,11,15H2,1-5H3/b19-16+,22-17-. The molecule has 0 aromatic heterocycles. The van der Waals surface area contributed by atoms with Gasteiger partial charge in [-0.2, -0.15) is 0 Å². The smallest absolute Gasteiger partial charge is 0.159 e. The number of para-hydroxylation sites is 1. The second-order valence-corrected chi connectivity index (χ2v) is 8.96. The summed E-state index contributed by atoms with van der Waals surface area (Å²) >= 11 is 5.85. The second-order valence-electron chi connectivity index (χ2n) is 8.57. The van der Waals surface area contributed by atoms with Crippen molar-refractivity contribution in [3.8, 4) is 0 Å². The van der Waals surface area contributed by atoms with Gasteiger partial charge in [-0.1, -0.05) is 56.4 Å². The van der Waals surface area contributed by atoms with Crippen LogP contribution in [0.2, 0.25) is 0 Å². The number of hydrogen-bond acceptors (Lipinski definition) is 4. The van der Waals surface area contributed by atoms with Gasteiger partial charge in [-0.3, -0.25) is 0 Å². The molecule has 0 bridgehead atoms. The number of nitrogens with zero attached hydrogens (tertiary/aromatic N) is 4. The van der Waals surface area contributed by atoms with Crippen molar-refractivity contribution in [1.29, 1.82) is 0 Å². The minimum absolute atomic E-state index is 0.0198. The van der Waals surface area contributed by atoms with Crippen LogP contribution >= 0.6 is 12.2 Å². The molecule has 0 atom stereocenters. The van der Waals surface area contributed by atoms with Gasteiger partial charge < -0.3 is 9.80 Å². The molecule has 3 aliphatic rings. The summed E-state index contributed by atoms with van der Waals surface area (Å²) in [5.41, 5.74) is 6.19. The van der Waals surface area contributed by atoms with E-state index in [0.29, 0.717) is 0 Å². The molecule has 156 valence electrons. The number of anilines is 1. The van der Waals surface area contributed by atoms with Crippen molar-refractivity contribution < 1.29 is 0 Å². The first-order valence-electron chi connectivity index (χ1n) is 10.6. The summed E-state index contributed by atoms with van der Waals surface area (Å²) in [5, 5.41) is 6.67. The minimum atomic E-state index is -0.0198. The van der Waals surface area contributed by atoms with Crippen molar-refractivity contribution in [2.24, 2.45) is 10.5 Å². The van der Waals surface area contributed by atoms with Crippen molar-refractivity contribution in [2.45, 2.75) is 33.6 Å². The Bertz CT molecular complexity index is 1010. The van der Waals surface area contributed by atoms with Gasteiger partial charge >= 0.3 is 0 Å². The molecule has 2 heterocycles. The predicted octanol–water partition coefficient (Wildman–Crippen LogP) is 5.49. The SMILES string of the molecule is CCN1C2=C(C=CCC2)C(C)(C)/C1=C/C=C1/C(=S)N(c2ccccc2)N=C1N(C)C. The molecule has 0 fully saturated rings. The number of benzene rings is 1. The molecule has 0 amide bonds. The number of allylic oxidation sites excluding steroid dienone is 6. The van der Waals surface area contributed by atoms with Gasteiger partial charge in [0.2, 0.25) is 0 Å². The quantitative estimate of drug-likeness (QED) is 0.478. The van der Waals surface area contributed by atoms with E-state index in [0.717, 1.165) is 41.5 Å². The molecular weight excluding hydrogens is 388 g/mol. The highest BCUT2D eigenvalue weighted by Gasteiger charge is 2.40. The van der Waals surface area contributed by atoms with Gasteiger partial charge in [-0.15, -0.1) is 5.10 Å². The van der Waals surface area contributed by atoms with Crippen LogP contribution < -0.4 is 5.01 Å². The lowest BCUT2D eigenvalue weighted by atomic mass is 9.81. The summed E-state index contributed by atoms with van der Waals surface area (Å²) in [6.07, 6.45) is 11.3. The molecule has 2 aliphatic heterocycles. The molecule has 0 radical (unpaired) electrons. The fourth-order valence-electron chi connectivity index (χ4n) is 4.57. The van der Waals surface area contributed by atoms with Gasteiger partial charge in [0, 0.05) is 37.4 Å². The summed E-state index contributed by atoms with van der Waals surface area (Å²) in [4.78, 5) is 5.25. The molecule has 0 saturated heterocycles. The highest BCUT2D eigenvalue weighted by atomic mass is 32.1. The van der Waals surface area contributed by atoms with Crippen molar-refractivity contribution in [1.82, 2.24) is 9.80 Å². The van der Waals surface area contributed by atoms with E-state index in [-0.39, 0.29) is 5.41 Å². The van der Waals surface area contributed by atoms with E-state index in [2.05, 4.69) is 50.0 Å². The zero-order valence-electron chi connectivity index (χ0n) is 18.5. The molecule has 0 saturated carbocycles. The summed E-state index contributed by atoms with van der Waals surface area (Å²) in [5.74, 6) is 0.886. The highest BCUT2D eigenvalue weighted by Crippen LogP contribution is 2.49. The van der Waals surface area contributed by atoms with Gasteiger partial charge in [0.1, 0.15) is 4.99 Å². The minimum Gasteiger partial charge on any atom is -0.361 e. The Kier molecular flexibility index (Phi) is 5.41. The van der Waals surface area contributed by atoms with E-state index in [1.54, 1.807) is 0 Å². The lowest BCUT2D eigenvalue weighted by Crippen LogP contribution is -2.25. The Morgan fingerprint density at radius 2 is 1.90 bits per heavy atom. The summed E-state index contributed by atoms with van der Waals surface area (Å²) < 4.78 is 0. The third kappa shape index (κ3) is 3.31. The average Bonchev–Trinajstić information content (AvgIpc) is 3.18. The van der Waals surface area contributed by atoms with Gasteiger partial charge in [-0.05, 0) is 49.6 Å². The first-order valence-corrected chi connectivity index (χ1v) is 11.0. The molecule has 4 rings (SSSR count). The zero-order valence-corrected chi connectivity index (χ0v) is 19.3. The monoisotopic (exact) mass is 418 g/mol. The zero-order chi connectivity index (χ0) is 21.5. The molecule has 0 unspecified atom stereocenters. The Hall–Kier alpha value is -2.66. The van der Waals surface area contributed by atoms with E-state index < -0.39 is 0 Å². The van der Waals surface area contributed by atoms with Gasteiger partial charge in [0.25, 0.3) is 0 Å². The van der Waals surface area contributed by atoms with Crippen LogP contribution in [0.4, 0.5) is 5.69 Å². The van der Waals surface area contributed by atoms with Crippen molar-refractivity contribution in [3.05, 3.63) is 77.2 Å². The predicted molar refractivity (Wildman–Crippen MR) is 130 cm³/mol. The van der Waals surface area contributed by atoms with Crippen LogP contribution in [0.25, 0.3) is 0 Å². The lowest BCUT2D eigenvalue weighted by Gasteiger charge is -2.28. The van der Waals surface area contributed by atoms with Crippen LogP contribution in [0.5, 0.6) is 0 Å². The number of amidine groups is 1. The first-order chi connectivity index (χ1) is 14.4.